The lowest BCUT2D eigenvalue weighted by atomic mass is 9.98. The molecule has 0 spiro atoms. The van der Waals surface area contributed by atoms with Gasteiger partial charge in [0.05, 0.1) is 0 Å². The quantitative estimate of drug-likeness (QED) is 0.845. The van der Waals surface area contributed by atoms with E-state index in [0.717, 1.165) is 6.54 Å². The van der Waals surface area contributed by atoms with Crippen molar-refractivity contribution >= 4 is 11.3 Å². The van der Waals surface area contributed by atoms with Gasteiger partial charge in [-0.1, -0.05) is 26.3 Å². The first kappa shape index (κ1) is 13.1. The molecule has 1 aliphatic rings. The van der Waals surface area contributed by atoms with Crippen LogP contribution >= 0.6 is 11.3 Å². The summed E-state index contributed by atoms with van der Waals surface area (Å²) in [6, 6.07) is 5.50. The van der Waals surface area contributed by atoms with E-state index in [0.29, 0.717) is 23.9 Å². The molecular formula is C14H24N2S. The molecule has 0 saturated heterocycles. The van der Waals surface area contributed by atoms with Gasteiger partial charge in [-0.15, -0.1) is 11.3 Å². The van der Waals surface area contributed by atoms with Crippen molar-refractivity contribution in [2.75, 3.05) is 6.54 Å². The van der Waals surface area contributed by atoms with Gasteiger partial charge in [0.1, 0.15) is 0 Å². The Morgan fingerprint density at radius 3 is 2.88 bits per heavy atom. The van der Waals surface area contributed by atoms with Crippen molar-refractivity contribution in [3.05, 3.63) is 22.4 Å². The predicted octanol–water partition coefficient (Wildman–Crippen LogP) is 3.16. The van der Waals surface area contributed by atoms with Crippen molar-refractivity contribution in [3.63, 3.8) is 0 Å². The summed E-state index contributed by atoms with van der Waals surface area (Å²) in [6.45, 7) is 5.42. The molecule has 1 aliphatic carbocycles. The van der Waals surface area contributed by atoms with E-state index in [-0.39, 0.29) is 0 Å². The summed E-state index contributed by atoms with van der Waals surface area (Å²) in [5.41, 5.74) is 5.86. The average Bonchev–Trinajstić information content (AvgIpc) is 2.96. The van der Waals surface area contributed by atoms with E-state index >= 15 is 0 Å². The molecule has 1 aromatic heterocycles. The lowest BCUT2D eigenvalue weighted by Crippen LogP contribution is -2.39. The van der Waals surface area contributed by atoms with Gasteiger partial charge >= 0.3 is 0 Å². The second-order valence-electron chi connectivity index (χ2n) is 5.44. The summed E-state index contributed by atoms with van der Waals surface area (Å²) in [5.74, 6) is 1.31. The average molecular weight is 252 g/mol. The fourth-order valence-electron chi connectivity index (χ4n) is 2.84. The van der Waals surface area contributed by atoms with E-state index in [1.807, 2.05) is 11.3 Å². The van der Waals surface area contributed by atoms with Crippen LogP contribution in [0.3, 0.4) is 0 Å². The van der Waals surface area contributed by atoms with Crippen LogP contribution in [-0.2, 0) is 0 Å². The molecule has 1 aromatic rings. The number of rotatable bonds is 5. The molecular weight excluding hydrogens is 228 g/mol. The van der Waals surface area contributed by atoms with Gasteiger partial charge in [-0.05, 0) is 42.7 Å². The van der Waals surface area contributed by atoms with Crippen molar-refractivity contribution in [1.82, 2.24) is 5.32 Å². The van der Waals surface area contributed by atoms with Gasteiger partial charge < -0.3 is 11.1 Å². The maximum atomic E-state index is 5.86. The Kier molecular flexibility index (Phi) is 4.60. The molecule has 3 heteroatoms. The number of thiophene rings is 1. The highest BCUT2D eigenvalue weighted by Gasteiger charge is 2.29. The van der Waals surface area contributed by atoms with Crippen molar-refractivity contribution in [3.8, 4) is 0 Å². The zero-order valence-corrected chi connectivity index (χ0v) is 11.7. The minimum Gasteiger partial charge on any atom is -0.330 e. The second kappa shape index (κ2) is 5.98. The minimum atomic E-state index is 0.493. The molecule has 1 saturated carbocycles. The molecule has 0 aromatic carbocycles. The number of hydrogen-bond acceptors (Lipinski definition) is 3. The molecule has 0 bridgehead atoms. The Balaban J connectivity index is 2.03. The fraction of sp³-hybridized carbons (Fsp3) is 0.714. The SMILES string of the molecule is CC(C)C(NC1CCCC1CN)c1cccs1. The Morgan fingerprint density at radius 1 is 1.47 bits per heavy atom. The standard InChI is InChI=1S/C14H24N2S/c1-10(2)14(13-7-4-8-17-13)16-12-6-3-5-11(12)9-15/h4,7-8,10-12,14,16H,3,5-6,9,15H2,1-2H3. The zero-order valence-electron chi connectivity index (χ0n) is 10.9. The van der Waals surface area contributed by atoms with Gasteiger partial charge in [0.15, 0.2) is 0 Å². The van der Waals surface area contributed by atoms with Crippen LogP contribution < -0.4 is 11.1 Å². The molecule has 96 valence electrons. The van der Waals surface area contributed by atoms with Gasteiger partial charge in [0, 0.05) is 17.0 Å². The molecule has 2 nitrogen and oxygen atoms in total. The van der Waals surface area contributed by atoms with Crippen molar-refractivity contribution in [2.45, 2.75) is 45.2 Å². The molecule has 0 amide bonds. The van der Waals surface area contributed by atoms with E-state index in [4.69, 9.17) is 5.73 Å². The van der Waals surface area contributed by atoms with Crippen molar-refractivity contribution in [1.29, 1.82) is 0 Å². The number of nitrogens with one attached hydrogen (secondary N) is 1. The van der Waals surface area contributed by atoms with E-state index in [2.05, 4.69) is 36.7 Å². The van der Waals surface area contributed by atoms with Gasteiger partial charge in [-0.2, -0.15) is 0 Å². The summed E-state index contributed by atoms with van der Waals surface area (Å²) in [7, 11) is 0. The van der Waals surface area contributed by atoms with E-state index < -0.39 is 0 Å². The van der Waals surface area contributed by atoms with Crippen LogP contribution in [0.2, 0.25) is 0 Å². The predicted molar refractivity (Wildman–Crippen MR) is 75.2 cm³/mol. The summed E-state index contributed by atoms with van der Waals surface area (Å²) in [6.07, 6.45) is 3.91. The largest absolute Gasteiger partial charge is 0.330 e. The van der Waals surface area contributed by atoms with E-state index in [1.54, 1.807) is 0 Å². The van der Waals surface area contributed by atoms with E-state index in [1.165, 1.54) is 24.1 Å². The lowest BCUT2D eigenvalue weighted by molar-refractivity contribution is 0.318. The molecule has 2 rings (SSSR count). The molecule has 3 unspecified atom stereocenters. The highest BCUT2D eigenvalue weighted by Crippen LogP contribution is 2.31. The third kappa shape index (κ3) is 3.09. The minimum absolute atomic E-state index is 0.493. The van der Waals surface area contributed by atoms with Gasteiger partial charge in [-0.25, -0.2) is 0 Å². The maximum Gasteiger partial charge on any atom is 0.0440 e. The Morgan fingerprint density at radius 2 is 2.29 bits per heavy atom. The first-order valence-electron chi connectivity index (χ1n) is 6.72. The Bertz CT molecular complexity index is 321. The smallest absolute Gasteiger partial charge is 0.0440 e. The van der Waals surface area contributed by atoms with Gasteiger partial charge in [0.2, 0.25) is 0 Å². The molecule has 0 aliphatic heterocycles. The Hall–Kier alpha value is -0.380. The first-order chi connectivity index (χ1) is 8.22. The highest BCUT2D eigenvalue weighted by atomic mass is 32.1. The van der Waals surface area contributed by atoms with Crippen LogP contribution in [0.25, 0.3) is 0 Å². The molecule has 17 heavy (non-hydrogen) atoms. The maximum absolute atomic E-state index is 5.86. The van der Waals surface area contributed by atoms with Crippen LogP contribution in [0.4, 0.5) is 0 Å². The summed E-state index contributed by atoms with van der Waals surface area (Å²) < 4.78 is 0. The lowest BCUT2D eigenvalue weighted by Gasteiger charge is -2.28. The molecule has 0 radical (unpaired) electrons. The topological polar surface area (TPSA) is 38.0 Å². The van der Waals surface area contributed by atoms with E-state index in [9.17, 15) is 0 Å². The molecule has 1 fully saturated rings. The van der Waals surface area contributed by atoms with Crippen LogP contribution in [-0.4, -0.2) is 12.6 Å². The fourth-order valence-corrected chi connectivity index (χ4v) is 3.80. The zero-order chi connectivity index (χ0) is 12.3. The third-order valence-electron chi connectivity index (χ3n) is 3.87. The van der Waals surface area contributed by atoms with Gasteiger partial charge in [-0.3, -0.25) is 0 Å². The monoisotopic (exact) mass is 252 g/mol. The van der Waals surface area contributed by atoms with Crippen LogP contribution in [0, 0.1) is 11.8 Å². The Labute approximate surface area is 109 Å². The third-order valence-corrected chi connectivity index (χ3v) is 4.83. The normalized spacial score (nSPS) is 26.6. The number of nitrogens with two attached hydrogens (primary N) is 1. The second-order valence-corrected chi connectivity index (χ2v) is 6.42. The van der Waals surface area contributed by atoms with Crippen LogP contribution in [0.5, 0.6) is 0 Å². The molecule has 3 N–H and O–H groups in total. The van der Waals surface area contributed by atoms with Crippen LogP contribution in [0.15, 0.2) is 17.5 Å². The summed E-state index contributed by atoms with van der Waals surface area (Å²) in [5, 5.41) is 6.02. The highest BCUT2D eigenvalue weighted by molar-refractivity contribution is 7.10. The summed E-state index contributed by atoms with van der Waals surface area (Å²) >= 11 is 1.86. The molecule has 1 heterocycles. The van der Waals surface area contributed by atoms with Crippen molar-refractivity contribution in [2.24, 2.45) is 17.6 Å². The van der Waals surface area contributed by atoms with Gasteiger partial charge in [0.25, 0.3) is 0 Å². The first-order valence-corrected chi connectivity index (χ1v) is 7.60. The molecule has 3 atom stereocenters. The number of hydrogen-bond donors (Lipinski definition) is 2. The van der Waals surface area contributed by atoms with Crippen LogP contribution in [0.1, 0.15) is 44.0 Å². The summed E-state index contributed by atoms with van der Waals surface area (Å²) in [4.78, 5) is 1.46. The van der Waals surface area contributed by atoms with Crippen molar-refractivity contribution < 1.29 is 0 Å².